The Balaban J connectivity index is 1.82. The Kier molecular flexibility index (Phi) is 4.88. The minimum absolute atomic E-state index is 0.138. The van der Waals surface area contributed by atoms with Gasteiger partial charge in [-0.05, 0) is 39.8 Å². The maximum atomic E-state index is 11.8. The van der Waals surface area contributed by atoms with Gasteiger partial charge in [0.2, 0.25) is 5.91 Å². The highest BCUT2D eigenvalue weighted by atomic mass is 16.6. The van der Waals surface area contributed by atoms with Crippen molar-refractivity contribution in [2.24, 2.45) is 0 Å². The van der Waals surface area contributed by atoms with Gasteiger partial charge in [-0.3, -0.25) is 4.79 Å². The van der Waals surface area contributed by atoms with Crippen LogP contribution in [0, 0.1) is 6.92 Å². The summed E-state index contributed by atoms with van der Waals surface area (Å²) in [5.74, 6) is -0.301. The van der Waals surface area contributed by atoms with Gasteiger partial charge in [-0.25, -0.2) is 9.78 Å². The predicted octanol–water partition coefficient (Wildman–Crippen LogP) is 1.78. The van der Waals surface area contributed by atoms with E-state index in [1.165, 1.54) is 0 Å². The molecule has 2 heterocycles. The van der Waals surface area contributed by atoms with Crippen LogP contribution in [0.3, 0.4) is 0 Å². The van der Waals surface area contributed by atoms with Gasteiger partial charge in [0.25, 0.3) is 0 Å². The van der Waals surface area contributed by atoms with Crippen molar-refractivity contribution in [1.29, 1.82) is 0 Å². The van der Waals surface area contributed by atoms with Gasteiger partial charge in [0.05, 0.1) is 12.2 Å². The summed E-state index contributed by atoms with van der Waals surface area (Å²) in [6.07, 6.45) is 1.27. The number of rotatable bonds is 4. The molecule has 0 aliphatic rings. The van der Waals surface area contributed by atoms with Gasteiger partial charge in [0, 0.05) is 11.9 Å². The summed E-state index contributed by atoms with van der Waals surface area (Å²) in [5.41, 5.74) is 2.07. The number of alkyl carbamates (subject to hydrolysis) is 1. The molecule has 23 heavy (non-hydrogen) atoms. The molecule has 0 aliphatic heterocycles. The van der Waals surface area contributed by atoms with E-state index in [0.717, 1.165) is 17.0 Å². The quantitative estimate of drug-likeness (QED) is 0.900. The number of carbonyl (C=O) groups is 2. The van der Waals surface area contributed by atoms with Gasteiger partial charge in [-0.1, -0.05) is 6.07 Å². The molecule has 2 aromatic rings. The number of ether oxygens (including phenoxy) is 1. The zero-order valence-electron chi connectivity index (χ0n) is 13.8. The number of hydrogen-bond acceptors (Lipinski definition) is 4. The molecule has 2 N–H and O–H groups in total. The van der Waals surface area contributed by atoms with E-state index in [9.17, 15) is 9.59 Å². The molecule has 0 atom stereocenters. The fourth-order valence-electron chi connectivity index (χ4n) is 2.00. The highest BCUT2D eigenvalue weighted by Gasteiger charge is 2.16. The number of nitrogens with zero attached hydrogens (tertiary/aromatic N) is 2. The van der Waals surface area contributed by atoms with Crippen molar-refractivity contribution in [2.75, 3.05) is 6.54 Å². The van der Waals surface area contributed by atoms with Crippen molar-refractivity contribution in [3.05, 3.63) is 35.8 Å². The van der Waals surface area contributed by atoms with E-state index >= 15 is 0 Å². The van der Waals surface area contributed by atoms with Gasteiger partial charge in [0.1, 0.15) is 17.8 Å². The molecule has 0 radical (unpaired) electrons. The van der Waals surface area contributed by atoms with Crippen molar-refractivity contribution in [2.45, 2.75) is 39.8 Å². The highest BCUT2D eigenvalue weighted by Crippen LogP contribution is 2.08. The number of imidazole rings is 1. The number of aryl methyl sites for hydroxylation is 1. The topological polar surface area (TPSA) is 84.7 Å². The number of nitrogens with one attached hydrogen (secondary N) is 2. The zero-order valence-corrected chi connectivity index (χ0v) is 13.8. The minimum Gasteiger partial charge on any atom is -0.444 e. The first-order valence-corrected chi connectivity index (χ1v) is 7.42. The summed E-state index contributed by atoms with van der Waals surface area (Å²) in [5, 5.41) is 5.12. The van der Waals surface area contributed by atoms with Crippen molar-refractivity contribution in [1.82, 2.24) is 20.0 Å². The van der Waals surface area contributed by atoms with Crippen LogP contribution in [0.25, 0.3) is 5.65 Å². The molecule has 0 saturated heterocycles. The predicted molar refractivity (Wildman–Crippen MR) is 86.0 cm³/mol. The normalized spacial score (nSPS) is 11.3. The molecule has 0 bridgehead atoms. The number of hydrogen-bond donors (Lipinski definition) is 2. The largest absolute Gasteiger partial charge is 0.444 e. The van der Waals surface area contributed by atoms with Crippen molar-refractivity contribution in [3.8, 4) is 0 Å². The van der Waals surface area contributed by atoms with Crippen molar-refractivity contribution < 1.29 is 14.3 Å². The summed E-state index contributed by atoms with van der Waals surface area (Å²) in [6, 6.07) is 5.83. The molecule has 7 heteroatoms. The highest BCUT2D eigenvalue weighted by molar-refractivity contribution is 5.82. The maximum Gasteiger partial charge on any atom is 0.408 e. The standard InChI is InChI=1S/C16H22N4O3/c1-11-6-5-7-13-19-12(10-20(11)13)8-17-14(21)9-18-15(22)23-16(2,3)4/h5-7,10H,8-9H2,1-4H3,(H,17,21)(H,18,22). The van der Waals surface area contributed by atoms with E-state index in [-0.39, 0.29) is 12.5 Å². The maximum absolute atomic E-state index is 11.8. The zero-order chi connectivity index (χ0) is 17.0. The molecule has 0 fully saturated rings. The van der Waals surface area contributed by atoms with Crippen LogP contribution in [0.5, 0.6) is 0 Å². The fourth-order valence-corrected chi connectivity index (χ4v) is 2.00. The third-order valence-electron chi connectivity index (χ3n) is 3.00. The summed E-state index contributed by atoms with van der Waals surface area (Å²) >= 11 is 0. The van der Waals surface area contributed by atoms with E-state index in [2.05, 4.69) is 15.6 Å². The van der Waals surface area contributed by atoms with Crippen LogP contribution in [0.1, 0.15) is 32.2 Å². The molecule has 7 nitrogen and oxygen atoms in total. The number of amides is 2. The number of carbonyl (C=O) groups excluding carboxylic acids is 2. The van der Waals surface area contributed by atoms with E-state index in [1.54, 1.807) is 20.8 Å². The van der Waals surface area contributed by atoms with Crippen molar-refractivity contribution >= 4 is 17.6 Å². The summed E-state index contributed by atoms with van der Waals surface area (Å²) in [7, 11) is 0. The average molecular weight is 318 g/mol. The van der Waals surface area contributed by atoms with Gasteiger partial charge < -0.3 is 19.8 Å². The molecular weight excluding hydrogens is 296 g/mol. The van der Waals surface area contributed by atoms with E-state index < -0.39 is 11.7 Å². The van der Waals surface area contributed by atoms with E-state index in [1.807, 2.05) is 35.7 Å². The number of aromatic nitrogens is 2. The van der Waals surface area contributed by atoms with Crippen LogP contribution in [-0.4, -0.2) is 33.5 Å². The van der Waals surface area contributed by atoms with Crippen LogP contribution in [0.15, 0.2) is 24.4 Å². The first-order chi connectivity index (χ1) is 10.7. The summed E-state index contributed by atoms with van der Waals surface area (Å²) in [6.45, 7) is 7.44. The molecule has 0 spiro atoms. The Bertz CT molecular complexity index is 716. The molecule has 0 unspecified atom stereocenters. The first kappa shape index (κ1) is 16.8. The third-order valence-corrected chi connectivity index (χ3v) is 3.00. The van der Waals surface area contributed by atoms with E-state index in [4.69, 9.17) is 4.74 Å². The summed E-state index contributed by atoms with van der Waals surface area (Å²) in [4.78, 5) is 27.6. The summed E-state index contributed by atoms with van der Waals surface area (Å²) < 4.78 is 7.02. The Hall–Kier alpha value is -2.57. The molecule has 0 saturated carbocycles. The van der Waals surface area contributed by atoms with E-state index in [0.29, 0.717) is 6.54 Å². The van der Waals surface area contributed by atoms with Gasteiger partial charge in [-0.15, -0.1) is 0 Å². The number of pyridine rings is 1. The Labute approximate surface area is 135 Å². The third kappa shape index (κ3) is 4.98. The first-order valence-electron chi connectivity index (χ1n) is 7.42. The SMILES string of the molecule is Cc1cccc2nc(CNC(=O)CNC(=O)OC(C)(C)C)cn12. The lowest BCUT2D eigenvalue weighted by Crippen LogP contribution is -2.39. The molecular formula is C16H22N4O3. The second-order valence-corrected chi connectivity index (χ2v) is 6.26. The van der Waals surface area contributed by atoms with Crippen LogP contribution in [-0.2, 0) is 16.1 Å². The van der Waals surface area contributed by atoms with Crippen LogP contribution in [0.4, 0.5) is 4.79 Å². The molecule has 124 valence electrons. The molecule has 2 rings (SSSR count). The molecule has 0 aliphatic carbocycles. The second-order valence-electron chi connectivity index (χ2n) is 6.26. The van der Waals surface area contributed by atoms with Crippen molar-refractivity contribution in [3.63, 3.8) is 0 Å². The molecule has 0 aromatic carbocycles. The second kappa shape index (κ2) is 6.68. The average Bonchev–Trinajstić information content (AvgIpc) is 2.85. The fraction of sp³-hybridized carbons (Fsp3) is 0.438. The Morgan fingerprint density at radius 1 is 1.26 bits per heavy atom. The van der Waals surface area contributed by atoms with Crippen LogP contribution < -0.4 is 10.6 Å². The lowest BCUT2D eigenvalue weighted by Gasteiger charge is -2.19. The molecule has 2 aromatic heterocycles. The lowest BCUT2D eigenvalue weighted by molar-refractivity contribution is -0.120. The Morgan fingerprint density at radius 2 is 2.00 bits per heavy atom. The smallest absolute Gasteiger partial charge is 0.408 e. The minimum atomic E-state index is -0.615. The van der Waals surface area contributed by atoms with Gasteiger partial charge in [-0.2, -0.15) is 0 Å². The number of fused-ring (bicyclic) bond motifs is 1. The van der Waals surface area contributed by atoms with Gasteiger partial charge in [0.15, 0.2) is 0 Å². The monoisotopic (exact) mass is 318 g/mol. The van der Waals surface area contributed by atoms with Crippen LogP contribution >= 0.6 is 0 Å². The molecule has 2 amide bonds. The van der Waals surface area contributed by atoms with Crippen LogP contribution in [0.2, 0.25) is 0 Å². The lowest BCUT2D eigenvalue weighted by atomic mass is 10.2. The van der Waals surface area contributed by atoms with Gasteiger partial charge >= 0.3 is 6.09 Å². The Morgan fingerprint density at radius 3 is 2.65 bits per heavy atom.